The Bertz CT molecular complexity index is 850. The van der Waals surface area contributed by atoms with Crippen LogP contribution in [0.4, 0.5) is 5.69 Å². The molecule has 0 amide bonds. The van der Waals surface area contributed by atoms with E-state index in [1.807, 2.05) is 0 Å². The Kier molecular flexibility index (Phi) is 2.61. The van der Waals surface area contributed by atoms with E-state index in [0.717, 1.165) is 0 Å². The van der Waals surface area contributed by atoms with Crippen molar-refractivity contribution < 1.29 is 14.6 Å². The highest BCUT2D eigenvalue weighted by Crippen LogP contribution is 2.31. The van der Waals surface area contributed by atoms with Crippen LogP contribution in [-0.4, -0.2) is 10.2 Å². The molecule has 0 fully saturated rings. The van der Waals surface area contributed by atoms with E-state index in [9.17, 15) is 15.0 Å². The largest absolute Gasteiger partial charge is 0.504 e. The number of nitrogens with two attached hydrogens (primary N) is 1. The summed E-state index contributed by atoms with van der Waals surface area (Å²) in [5, 5.41) is 19.4. The molecule has 4 N–H and O–H groups in total. The molecule has 2 aromatic carbocycles. The Morgan fingerprint density at radius 3 is 2.30 bits per heavy atom. The number of fused-ring (bicyclic) bond motifs is 1. The number of phenolic OH excluding ortho intramolecular Hbond substituents is 2. The summed E-state index contributed by atoms with van der Waals surface area (Å²) in [7, 11) is 0. The van der Waals surface area contributed by atoms with Crippen LogP contribution < -0.4 is 11.4 Å². The molecule has 0 bridgehead atoms. The Labute approximate surface area is 113 Å². The molecule has 0 aliphatic carbocycles. The molecule has 0 saturated heterocycles. The summed E-state index contributed by atoms with van der Waals surface area (Å²) in [6, 6.07) is 11.0. The zero-order chi connectivity index (χ0) is 14.3. The number of benzene rings is 2. The van der Waals surface area contributed by atoms with Crippen LogP contribution in [0.1, 0.15) is 0 Å². The van der Waals surface area contributed by atoms with Crippen LogP contribution in [0.15, 0.2) is 51.7 Å². The van der Waals surface area contributed by atoms with Crippen molar-refractivity contribution in [3.05, 3.63) is 52.9 Å². The van der Waals surface area contributed by atoms with E-state index in [0.29, 0.717) is 22.2 Å². The maximum Gasteiger partial charge on any atom is 0.344 e. The molecule has 0 unspecified atom stereocenters. The van der Waals surface area contributed by atoms with Crippen LogP contribution in [0.5, 0.6) is 11.5 Å². The lowest BCUT2D eigenvalue weighted by atomic mass is 10.1. The smallest absolute Gasteiger partial charge is 0.344 e. The van der Waals surface area contributed by atoms with Crippen molar-refractivity contribution in [2.24, 2.45) is 0 Å². The van der Waals surface area contributed by atoms with Crippen molar-refractivity contribution in [3.63, 3.8) is 0 Å². The van der Waals surface area contributed by atoms with Gasteiger partial charge in [0.15, 0.2) is 11.5 Å². The molecular weight excluding hydrogens is 258 g/mol. The molecular formula is C15H11NO4. The topological polar surface area (TPSA) is 96.7 Å². The SMILES string of the molecule is Nc1ccc(-c2cc3cc(O)c(O)cc3oc2=O)cc1. The molecule has 1 aromatic heterocycles. The van der Waals surface area contributed by atoms with Crippen LogP contribution in [-0.2, 0) is 0 Å². The number of hydrogen-bond acceptors (Lipinski definition) is 5. The van der Waals surface area contributed by atoms with Crippen molar-refractivity contribution in [1.82, 2.24) is 0 Å². The highest BCUT2D eigenvalue weighted by atomic mass is 16.4. The van der Waals surface area contributed by atoms with Gasteiger partial charge in [-0.2, -0.15) is 0 Å². The van der Waals surface area contributed by atoms with E-state index < -0.39 is 5.63 Å². The lowest BCUT2D eigenvalue weighted by Crippen LogP contribution is -2.02. The molecule has 0 aliphatic rings. The van der Waals surface area contributed by atoms with Crippen LogP contribution >= 0.6 is 0 Å². The van der Waals surface area contributed by atoms with Crippen molar-refractivity contribution in [2.45, 2.75) is 0 Å². The second-order valence-electron chi connectivity index (χ2n) is 4.45. The van der Waals surface area contributed by atoms with E-state index >= 15 is 0 Å². The highest BCUT2D eigenvalue weighted by Gasteiger charge is 2.10. The fourth-order valence-corrected chi connectivity index (χ4v) is 2.01. The van der Waals surface area contributed by atoms with Gasteiger partial charge in [-0.05, 0) is 29.8 Å². The average molecular weight is 269 g/mol. The van der Waals surface area contributed by atoms with E-state index in [1.54, 1.807) is 30.3 Å². The zero-order valence-corrected chi connectivity index (χ0v) is 10.3. The second kappa shape index (κ2) is 4.31. The van der Waals surface area contributed by atoms with Gasteiger partial charge in [-0.15, -0.1) is 0 Å². The van der Waals surface area contributed by atoms with Gasteiger partial charge in [0.2, 0.25) is 0 Å². The van der Waals surface area contributed by atoms with Crippen LogP contribution in [0.2, 0.25) is 0 Å². The van der Waals surface area contributed by atoms with E-state index in [2.05, 4.69) is 0 Å². The van der Waals surface area contributed by atoms with Gasteiger partial charge in [0.05, 0.1) is 5.56 Å². The van der Waals surface area contributed by atoms with Gasteiger partial charge in [-0.25, -0.2) is 4.79 Å². The third kappa shape index (κ3) is 1.95. The van der Waals surface area contributed by atoms with Gasteiger partial charge < -0.3 is 20.4 Å². The maximum absolute atomic E-state index is 12.0. The molecule has 5 heteroatoms. The third-order valence-corrected chi connectivity index (χ3v) is 3.05. The number of anilines is 1. The molecule has 0 spiro atoms. The normalized spacial score (nSPS) is 10.8. The van der Waals surface area contributed by atoms with E-state index in [1.165, 1.54) is 12.1 Å². The Morgan fingerprint density at radius 2 is 1.60 bits per heavy atom. The molecule has 0 radical (unpaired) electrons. The fraction of sp³-hybridized carbons (Fsp3) is 0. The first-order valence-electron chi connectivity index (χ1n) is 5.90. The summed E-state index contributed by atoms with van der Waals surface area (Å²) in [6.45, 7) is 0. The summed E-state index contributed by atoms with van der Waals surface area (Å²) in [5.41, 5.74) is 6.93. The summed E-state index contributed by atoms with van der Waals surface area (Å²) >= 11 is 0. The first-order chi connectivity index (χ1) is 9.54. The van der Waals surface area contributed by atoms with Gasteiger partial charge in [-0.3, -0.25) is 0 Å². The molecule has 3 aromatic rings. The number of nitrogen functional groups attached to an aromatic ring is 1. The first kappa shape index (κ1) is 12.1. The predicted molar refractivity (Wildman–Crippen MR) is 75.7 cm³/mol. The summed E-state index contributed by atoms with van der Waals surface area (Å²) in [4.78, 5) is 12.0. The van der Waals surface area contributed by atoms with E-state index in [-0.39, 0.29) is 17.1 Å². The molecule has 0 aliphatic heterocycles. The van der Waals surface area contributed by atoms with Crippen LogP contribution in [0.3, 0.4) is 0 Å². The van der Waals surface area contributed by atoms with Crippen LogP contribution in [0, 0.1) is 0 Å². The monoisotopic (exact) mass is 269 g/mol. The molecule has 3 rings (SSSR count). The van der Waals surface area contributed by atoms with Crippen molar-refractivity contribution in [2.75, 3.05) is 5.73 Å². The molecule has 1 heterocycles. The minimum atomic E-state index is -0.521. The fourth-order valence-electron chi connectivity index (χ4n) is 2.01. The highest BCUT2D eigenvalue weighted by molar-refractivity contribution is 5.84. The Balaban J connectivity index is 2.26. The molecule has 20 heavy (non-hydrogen) atoms. The molecule has 0 saturated carbocycles. The Morgan fingerprint density at radius 1 is 0.950 bits per heavy atom. The van der Waals surface area contributed by atoms with E-state index in [4.69, 9.17) is 10.2 Å². The van der Waals surface area contributed by atoms with Gasteiger partial charge in [-0.1, -0.05) is 12.1 Å². The summed E-state index contributed by atoms with van der Waals surface area (Å²) < 4.78 is 5.16. The number of rotatable bonds is 1. The third-order valence-electron chi connectivity index (χ3n) is 3.05. The van der Waals surface area contributed by atoms with Gasteiger partial charge >= 0.3 is 5.63 Å². The standard InChI is InChI=1S/C15H11NO4/c16-10-3-1-8(2-4-10)11-5-9-6-12(17)13(18)7-14(9)20-15(11)19/h1-7,17-18H,16H2. The van der Waals surface area contributed by atoms with Crippen LogP contribution in [0.25, 0.3) is 22.1 Å². The van der Waals surface area contributed by atoms with Crippen molar-refractivity contribution in [3.8, 4) is 22.6 Å². The Hall–Kier alpha value is -2.95. The average Bonchev–Trinajstić information content (AvgIpc) is 2.41. The minimum absolute atomic E-state index is 0.212. The second-order valence-corrected chi connectivity index (χ2v) is 4.45. The maximum atomic E-state index is 12.0. The number of phenols is 2. The lowest BCUT2D eigenvalue weighted by Gasteiger charge is -2.04. The summed E-state index contributed by atoms with van der Waals surface area (Å²) in [5.74, 6) is -0.601. The minimum Gasteiger partial charge on any atom is -0.504 e. The van der Waals surface area contributed by atoms with Crippen molar-refractivity contribution >= 4 is 16.7 Å². The van der Waals surface area contributed by atoms with Crippen molar-refractivity contribution in [1.29, 1.82) is 0 Å². The van der Waals surface area contributed by atoms with Gasteiger partial charge in [0.25, 0.3) is 0 Å². The molecule has 5 nitrogen and oxygen atoms in total. The van der Waals surface area contributed by atoms with Gasteiger partial charge in [0.1, 0.15) is 5.58 Å². The summed E-state index contributed by atoms with van der Waals surface area (Å²) in [6.07, 6.45) is 0. The zero-order valence-electron chi connectivity index (χ0n) is 10.3. The lowest BCUT2D eigenvalue weighted by molar-refractivity contribution is 0.403. The molecule has 0 atom stereocenters. The number of aromatic hydroxyl groups is 2. The first-order valence-corrected chi connectivity index (χ1v) is 5.90. The quantitative estimate of drug-likeness (QED) is 0.358. The number of hydrogen-bond donors (Lipinski definition) is 3. The van der Waals surface area contributed by atoms with Gasteiger partial charge in [0, 0.05) is 17.1 Å². The predicted octanol–water partition coefficient (Wildman–Crippen LogP) is 2.45. The molecule has 100 valence electrons.